The average molecular weight is 181 g/mol. The molecule has 72 valence electrons. The smallest absolute Gasteiger partial charge is 0.126 e. The quantitative estimate of drug-likeness (QED) is 0.745. The summed E-state index contributed by atoms with van der Waals surface area (Å²) in [5, 5.41) is 0. The van der Waals surface area contributed by atoms with Gasteiger partial charge < -0.3 is 5.73 Å². The Bertz CT molecular complexity index is 279. The molecule has 2 heteroatoms. The van der Waals surface area contributed by atoms with E-state index >= 15 is 0 Å². The molecule has 1 aromatic carbocycles. The van der Waals surface area contributed by atoms with Crippen LogP contribution in [0.2, 0.25) is 0 Å². The molecule has 0 aliphatic carbocycles. The zero-order valence-electron chi connectivity index (χ0n) is 8.39. The van der Waals surface area contributed by atoms with Crippen LogP contribution in [0.5, 0.6) is 0 Å². The highest BCUT2D eigenvalue weighted by Crippen LogP contribution is 2.17. The van der Waals surface area contributed by atoms with E-state index in [1.54, 1.807) is 6.07 Å². The van der Waals surface area contributed by atoms with Crippen LogP contribution < -0.4 is 5.73 Å². The fourth-order valence-electron chi connectivity index (χ4n) is 1.35. The van der Waals surface area contributed by atoms with Crippen LogP contribution in [-0.2, 0) is 6.42 Å². The first-order valence-electron chi connectivity index (χ1n) is 4.43. The number of hydrogen-bond donors (Lipinski definition) is 1. The van der Waals surface area contributed by atoms with Crippen molar-refractivity contribution in [3.63, 3.8) is 0 Å². The molecule has 0 saturated heterocycles. The van der Waals surface area contributed by atoms with E-state index < -0.39 is 0 Å². The van der Waals surface area contributed by atoms with Gasteiger partial charge in [0.25, 0.3) is 0 Å². The van der Waals surface area contributed by atoms with Gasteiger partial charge in [0.15, 0.2) is 0 Å². The SMILES string of the molecule is Cc1cccc(F)c1CC(C)(C)N. The maximum atomic E-state index is 13.3. The highest BCUT2D eigenvalue weighted by atomic mass is 19.1. The second-order valence-electron chi connectivity index (χ2n) is 4.20. The van der Waals surface area contributed by atoms with Gasteiger partial charge >= 0.3 is 0 Å². The van der Waals surface area contributed by atoms with Crippen molar-refractivity contribution in [2.75, 3.05) is 0 Å². The third-order valence-electron chi connectivity index (χ3n) is 1.99. The van der Waals surface area contributed by atoms with Crippen molar-refractivity contribution in [3.8, 4) is 0 Å². The van der Waals surface area contributed by atoms with Gasteiger partial charge in [-0.25, -0.2) is 4.39 Å². The molecule has 0 bridgehead atoms. The van der Waals surface area contributed by atoms with Gasteiger partial charge in [0, 0.05) is 5.54 Å². The van der Waals surface area contributed by atoms with Crippen molar-refractivity contribution >= 4 is 0 Å². The van der Waals surface area contributed by atoms with E-state index in [-0.39, 0.29) is 11.4 Å². The maximum absolute atomic E-state index is 13.3. The Kier molecular flexibility index (Phi) is 2.71. The van der Waals surface area contributed by atoms with Crippen LogP contribution in [0.15, 0.2) is 18.2 Å². The van der Waals surface area contributed by atoms with E-state index in [9.17, 15) is 4.39 Å². The van der Waals surface area contributed by atoms with Crippen molar-refractivity contribution in [2.24, 2.45) is 5.73 Å². The third-order valence-corrected chi connectivity index (χ3v) is 1.99. The Morgan fingerprint density at radius 1 is 1.38 bits per heavy atom. The van der Waals surface area contributed by atoms with Gasteiger partial charge in [-0.2, -0.15) is 0 Å². The molecule has 0 aliphatic rings. The summed E-state index contributed by atoms with van der Waals surface area (Å²) < 4.78 is 13.3. The van der Waals surface area contributed by atoms with Gasteiger partial charge in [0.2, 0.25) is 0 Å². The van der Waals surface area contributed by atoms with Crippen LogP contribution in [0.4, 0.5) is 4.39 Å². The second-order valence-corrected chi connectivity index (χ2v) is 4.20. The number of benzene rings is 1. The molecule has 13 heavy (non-hydrogen) atoms. The van der Waals surface area contributed by atoms with E-state index in [0.717, 1.165) is 11.1 Å². The molecule has 0 amide bonds. The lowest BCUT2D eigenvalue weighted by atomic mass is 9.93. The van der Waals surface area contributed by atoms with E-state index in [0.29, 0.717) is 6.42 Å². The summed E-state index contributed by atoms with van der Waals surface area (Å²) >= 11 is 0. The van der Waals surface area contributed by atoms with Crippen molar-refractivity contribution in [3.05, 3.63) is 35.1 Å². The molecule has 1 aromatic rings. The van der Waals surface area contributed by atoms with Gasteiger partial charge in [0.05, 0.1) is 0 Å². The number of aryl methyl sites for hydroxylation is 1. The lowest BCUT2D eigenvalue weighted by molar-refractivity contribution is 0.495. The van der Waals surface area contributed by atoms with Crippen LogP contribution in [0.1, 0.15) is 25.0 Å². The van der Waals surface area contributed by atoms with Crippen LogP contribution in [0.3, 0.4) is 0 Å². The third kappa shape index (κ3) is 2.81. The molecular weight excluding hydrogens is 165 g/mol. The van der Waals surface area contributed by atoms with E-state index in [1.807, 2.05) is 26.8 Å². The fraction of sp³-hybridized carbons (Fsp3) is 0.455. The number of hydrogen-bond acceptors (Lipinski definition) is 1. The predicted molar refractivity (Wildman–Crippen MR) is 53.1 cm³/mol. The molecule has 0 aromatic heterocycles. The van der Waals surface area contributed by atoms with Crippen LogP contribution in [0, 0.1) is 12.7 Å². The average Bonchev–Trinajstić information content (AvgIpc) is 1.95. The Balaban J connectivity index is 3.00. The van der Waals surface area contributed by atoms with Crippen molar-refractivity contribution in [2.45, 2.75) is 32.7 Å². The maximum Gasteiger partial charge on any atom is 0.126 e. The molecule has 0 aliphatic heterocycles. The lowest BCUT2D eigenvalue weighted by Crippen LogP contribution is -2.35. The molecule has 2 N–H and O–H groups in total. The molecule has 0 atom stereocenters. The Morgan fingerprint density at radius 2 is 2.00 bits per heavy atom. The summed E-state index contributed by atoms with van der Waals surface area (Å²) in [7, 11) is 0. The molecule has 0 heterocycles. The van der Waals surface area contributed by atoms with Gasteiger partial charge in [-0.05, 0) is 44.4 Å². The molecule has 0 saturated carbocycles. The standard InChI is InChI=1S/C11H16FN/c1-8-5-4-6-10(12)9(8)7-11(2,3)13/h4-6H,7,13H2,1-3H3. The lowest BCUT2D eigenvalue weighted by Gasteiger charge is -2.20. The minimum Gasteiger partial charge on any atom is -0.325 e. The first-order valence-corrected chi connectivity index (χ1v) is 4.43. The molecule has 0 spiro atoms. The van der Waals surface area contributed by atoms with Gasteiger partial charge in [-0.15, -0.1) is 0 Å². The van der Waals surface area contributed by atoms with Crippen molar-refractivity contribution in [1.82, 2.24) is 0 Å². The van der Waals surface area contributed by atoms with Gasteiger partial charge in [0.1, 0.15) is 5.82 Å². The minimum absolute atomic E-state index is 0.154. The molecule has 0 radical (unpaired) electrons. The van der Waals surface area contributed by atoms with Gasteiger partial charge in [-0.3, -0.25) is 0 Å². The minimum atomic E-state index is -0.354. The molecule has 0 unspecified atom stereocenters. The van der Waals surface area contributed by atoms with Crippen LogP contribution >= 0.6 is 0 Å². The predicted octanol–water partition coefficient (Wildman–Crippen LogP) is 2.41. The molecular formula is C11H16FN. The largest absolute Gasteiger partial charge is 0.325 e. The summed E-state index contributed by atoms with van der Waals surface area (Å²) in [6.45, 7) is 5.71. The zero-order valence-corrected chi connectivity index (χ0v) is 8.39. The van der Waals surface area contributed by atoms with Gasteiger partial charge in [-0.1, -0.05) is 12.1 Å². The fourth-order valence-corrected chi connectivity index (χ4v) is 1.35. The Morgan fingerprint density at radius 3 is 2.46 bits per heavy atom. The zero-order chi connectivity index (χ0) is 10.1. The van der Waals surface area contributed by atoms with Crippen molar-refractivity contribution in [1.29, 1.82) is 0 Å². The highest BCUT2D eigenvalue weighted by molar-refractivity contribution is 5.28. The summed E-state index contributed by atoms with van der Waals surface area (Å²) in [5.41, 5.74) is 7.19. The first kappa shape index (κ1) is 10.2. The monoisotopic (exact) mass is 181 g/mol. The normalized spacial score (nSPS) is 11.8. The van der Waals surface area contributed by atoms with E-state index in [4.69, 9.17) is 5.73 Å². The molecule has 0 fully saturated rings. The summed E-state index contributed by atoms with van der Waals surface area (Å²) in [4.78, 5) is 0. The Labute approximate surface area is 78.8 Å². The number of nitrogens with two attached hydrogens (primary N) is 1. The summed E-state index contributed by atoms with van der Waals surface area (Å²) in [6, 6.07) is 5.11. The van der Waals surface area contributed by atoms with E-state index in [2.05, 4.69) is 0 Å². The highest BCUT2D eigenvalue weighted by Gasteiger charge is 2.15. The number of rotatable bonds is 2. The van der Waals surface area contributed by atoms with E-state index in [1.165, 1.54) is 6.07 Å². The summed E-state index contributed by atoms with van der Waals surface area (Å²) in [6.07, 6.45) is 0.575. The Hall–Kier alpha value is -0.890. The molecule has 1 rings (SSSR count). The van der Waals surface area contributed by atoms with Crippen LogP contribution in [-0.4, -0.2) is 5.54 Å². The van der Waals surface area contributed by atoms with Crippen molar-refractivity contribution < 1.29 is 4.39 Å². The number of halogens is 1. The topological polar surface area (TPSA) is 26.0 Å². The first-order chi connectivity index (χ1) is 5.90. The molecule has 1 nitrogen and oxygen atoms in total. The second kappa shape index (κ2) is 3.46. The summed E-state index contributed by atoms with van der Waals surface area (Å²) in [5.74, 6) is -0.154. The van der Waals surface area contributed by atoms with Crippen LogP contribution in [0.25, 0.3) is 0 Å².